The average molecular weight is 342 g/mol. The zero-order chi connectivity index (χ0) is 17.1. The predicted octanol–water partition coefficient (Wildman–Crippen LogP) is 2.97. The first kappa shape index (κ1) is 16.6. The zero-order valence-electron chi connectivity index (χ0n) is 11.7. The molecule has 1 aromatic carbocycles. The summed E-state index contributed by atoms with van der Waals surface area (Å²) in [4.78, 5) is 11.9. The van der Waals surface area contributed by atoms with Gasteiger partial charge in [0.25, 0.3) is 0 Å². The van der Waals surface area contributed by atoms with Gasteiger partial charge in [0, 0.05) is 11.9 Å². The van der Waals surface area contributed by atoms with E-state index in [1.807, 2.05) is 6.07 Å². The molecule has 120 valence electrons. The molecule has 0 saturated heterocycles. The number of ether oxygens (including phenoxy) is 2. The normalized spacial score (nSPS) is 10.4. The molecule has 1 aromatic heterocycles. The SMILES string of the molecule is COC(=O)c1c(N)c(C#N)cn1-c1ccc(OC(F)F)c(Cl)c1. The molecule has 2 N–H and O–H groups in total. The van der Waals surface area contributed by atoms with Crippen LogP contribution in [0.25, 0.3) is 5.69 Å². The van der Waals surface area contributed by atoms with Crippen molar-refractivity contribution in [2.45, 2.75) is 6.61 Å². The maximum absolute atomic E-state index is 12.2. The number of nitrogen functional groups attached to an aromatic ring is 1. The summed E-state index contributed by atoms with van der Waals surface area (Å²) in [6.45, 7) is -3.02. The molecule has 2 rings (SSSR count). The van der Waals surface area contributed by atoms with Crippen molar-refractivity contribution in [3.05, 3.63) is 40.7 Å². The van der Waals surface area contributed by atoms with Crippen LogP contribution in [-0.4, -0.2) is 24.3 Å². The Labute approximate surface area is 134 Å². The molecule has 0 aliphatic carbocycles. The summed E-state index contributed by atoms with van der Waals surface area (Å²) >= 11 is 5.89. The van der Waals surface area contributed by atoms with Gasteiger partial charge >= 0.3 is 12.6 Å². The van der Waals surface area contributed by atoms with Crippen molar-refractivity contribution in [1.82, 2.24) is 4.57 Å². The van der Waals surface area contributed by atoms with E-state index in [-0.39, 0.29) is 27.7 Å². The van der Waals surface area contributed by atoms with E-state index in [0.29, 0.717) is 5.69 Å². The van der Waals surface area contributed by atoms with Gasteiger partial charge in [-0.05, 0) is 18.2 Å². The first-order valence-electron chi connectivity index (χ1n) is 6.13. The number of hydrogen-bond acceptors (Lipinski definition) is 5. The molecule has 0 bridgehead atoms. The van der Waals surface area contributed by atoms with E-state index in [4.69, 9.17) is 22.6 Å². The lowest BCUT2D eigenvalue weighted by Crippen LogP contribution is -2.11. The fraction of sp³-hybridized carbons (Fsp3) is 0.143. The van der Waals surface area contributed by atoms with Crippen molar-refractivity contribution in [1.29, 1.82) is 5.26 Å². The molecule has 6 nitrogen and oxygen atoms in total. The summed E-state index contributed by atoms with van der Waals surface area (Å²) in [6.07, 6.45) is 1.32. The average Bonchev–Trinajstić information content (AvgIpc) is 2.85. The summed E-state index contributed by atoms with van der Waals surface area (Å²) in [7, 11) is 1.16. The number of hydrogen-bond donors (Lipinski definition) is 1. The van der Waals surface area contributed by atoms with Crippen LogP contribution in [-0.2, 0) is 4.74 Å². The van der Waals surface area contributed by atoms with Crippen LogP contribution in [0.4, 0.5) is 14.5 Å². The van der Waals surface area contributed by atoms with Gasteiger partial charge in [-0.15, -0.1) is 0 Å². The van der Waals surface area contributed by atoms with E-state index in [1.165, 1.54) is 29.0 Å². The van der Waals surface area contributed by atoms with E-state index >= 15 is 0 Å². The minimum absolute atomic E-state index is 0.0524. The third-order valence-electron chi connectivity index (χ3n) is 2.95. The lowest BCUT2D eigenvalue weighted by atomic mass is 10.2. The maximum Gasteiger partial charge on any atom is 0.387 e. The van der Waals surface area contributed by atoms with Crippen LogP contribution in [0, 0.1) is 11.3 Å². The molecule has 0 unspecified atom stereocenters. The van der Waals surface area contributed by atoms with Gasteiger partial charge < -0.3 is 19.8 Å². The molecule has 0 atom stereocenters. The highest BCUT2D eigenvalue weighted by molar-refractivity contribution is 6.32. The summed E-state index contributed by atoms with van der Waals surface area (Å²) in [6, 6.07) is 5.75. The number of benzene rings is 1. The molecular formula is C14H10ClF2N3O3. The van der Waals surface area contributed by atoms with Crippen LogP contribution in [0.2, 0.25) is 5.02 Å². The van der Waals surface area contributed by atoms with Crippen molar-refractivity contribution in [2.75, 3.05) is 12.8 Å². The third kappa shape index (κ3) is 3.19. The molecule has 0 fully saturated rings. The molecular weight excluding hydrogens is 332 g/mol. The highest BCUT2D eigenvalue weighted by Gasteiger charge is 2.22. The monoisotopic (exact) mass is 341 g/mol. The molecule has 0 spiro atoms. The minimum Gasteiger partial charge on any atom is -0.464 e. The molecule has 0 aliphatic heterocycles. The fourth-order valence-corrected chi connectivity index (χ4v) is 2.17. The van der Waals surface area contributed by atoms with Gasteiger partial charge in [0.2, 0.25) is 0 Å². The van der Waals surface area contributed by atoms with E-state index in [9.17, 15) is 13.6 Å². The number of methoxy groups -OCH3 is 1. The Morgan fingerprint density at radius 3 is 2.70 bits per heavy atom. The number of halogens is 3. The molecule has 0 aliphatic rings. The van der Waals surface area contributed by atoms with Crippen molar-refractivity contribution in [3.63, 3.8) is 0 Å². The number of carbonyl (C=O) groups is 1. The van der Waals surface area contributed by atoms with Gasteiger partial charge in [-0.1, -0.05) is 11.6 Å². The van der Waals surface area contributed by atoms with Crippen molar-refractivity contribution >= 4 is 23.3 Å². The Hall–Kier alpha value is -2.79. The van der Waals surface area contributed by atoms with Gasteiger partial charge in [-0.25, -0.2) is 4.79 Å². The molecule has 0 amide bonds. The lowest BCUT2D eigenvalue weighted by Gasteiger charge is -2.11. The highest BCUT2D eigenvalue weighted by Crippen LogP contribution is 2.31. The second-order valence-corrected chi connectivity index (χ2v) is 4.68. The Morgan fingerprint density at radius 1 is 1.48 bits per heavy atom. The van der Waals surface area contributed by atoms with Gasteiger partial charge in [-0.2, -0.15) is 14.0 Å². The van der Waals surface area contributed by atoms with Gasteiger partial charge in [0.15, 0.2) is 5.69 Å². The van der Waals surface area contributed by atoms with E-state index < -0.39 is 12.6 Å². The minimum atomic E-state index is -3.02. The second kappa shape index (κ2) is 6.54. The van der Waals surface area contributed by atoms with E-state index in [0.717, 1.165) is 7.11 Å². The lowest BCUT2D eigenvalue weighted by molar-refractivity contribution is -0.0497. The quantitative estimate of drug-likeness (QED) is 0.863. The Balaban J connectivity index is 2.56. The standard InChI is InChI=1S/C14H10ClF2N3O3/c1-22-13(21)12-11(19)7(5-18)6-20(12)8-2-3-10(9(15)4-8)23-14(16)17/h2-4,6,14H,19H2,1H3. The summed E-state index contributed by atoms with van der Waals surface area (Å²) < 4.78 is 34.7. The Kier molecular flexibility index (Phi) is 4.71. The Bertz CT molecular complexity index is 799. The maximum atomic E-state index is 12.2. The number of alkyl halides is 2. The van der Waals surface area contributed by atoms with Crippen LogP contribution in [0.5, 0.6) is 5.75 Å². The zero-order valence-corrected chi connectivity index (χ0v) is 12.5. The molecule has 0 saturated carbocycles. The summed E-state index contributed by atoms with van der Waals surface area (Å²) in [5, 5.41) is 8.94. The Morgan fingerprint density at radius 2 is 2.17 bits per heavy atom. The van der Waals surface area contributed by atoms with E-state index in [1.54, 1.807) is 0 Å². The number of nitriles is 1. The first-order chi connectivity index (χ1) is 10.9. The van der Waals surface area contributed by atoms with Crippen LogP contribution >= 0.6 is 11.6 Å². The van der Waals surface area contributed by atoms with Gasteiger partial charge in [0.05, 0.1) is 23.4 Å². The van der Waals surface area contributed by atoms with Crippen LogP contribution < -0.4 is 10.5 Å². The van der Waals surface area contributed by atoms with E-state index in [2.05, 4.69) is 9.47 Å². The molecule has 9 heteroatoms. The number of anilines is 1. The number of nitrogens with two attached hydrogens (primary N) is 1. The fourth-order valence-electron chi connectivity index (χ4n) is 1.95. The van der Waals surface area contributed by atoms with Crippen molar-refractivity contribution in [3.8, 4) is 17.5 Å². The number of aromatic nitrogens is 1. The third-order valence-corrected chi connectivity index (χ3v) is 3.25. The summed E-state index contributed by atoms with van der Waals surface area (Å²) in [5.41, 5.74) is 6.03. The van der Waals surface area contributed by atoms with Gasteiger partial charge in [-0.3, -0.25) is 0 Å². The number of rotatable bonds is 4. The molecule has 0 radical (unpaired) electrons. The number of nitrogens with zero attached hydrogens (tertiary/aromatic N) is 2. The van der Waals surface area contributed by atoms with Crippen LogP contribution in [0.1, 0.15) is 16.1 Å². The second-order valence-electron chi connectivity index (χ2n) is 4.27. The number of carbonyl (C=O) groups excluding carboxylic acids is 1. The topological polar surface area (TPSA) is 90.3 Å². The van der Waals surface area contributed by atoms with Crippen molar-refractivity contribution < 1.29 is 23.0 Å². The first-order valence-corrected chi connectivity index (χ1v) is 6.50. The molecule has 2 aromatic rings. The molecule has 1 heterocycles. The smallest absolute Gasteiger partial charge is 0.387 e. The largest absolute Gasteiger partial charge is 0.464 e. The summed E-state index contributed by atoms with van der Waals surface area (Å²) in [5.74, 6) is -0.973. The van der Waals surface area contributed by atoms with Crippen LogP contribution in [0.3, 0.4) is 0 Å². The predicted molar refractivity (Wildman–Crippen MR) is 77.9 cm³/mol. The molecule has 23 heavy (non-hydrogen) atoms. The van der Waals surface area contributed by atoms with Crippen molar-refractivity contribution in [2.24, 2.45) is 0 Å². The van der Waals surface area contributed by atoms with Crippen LogP contribution in [0.15, 0.2) is 24.4 Å². The van der Waals surface area contributed by atoms with Gasteiger partial charge in [0.1, 0.15) is 11.8 Å². The number of esters is 1. The highest BCUT2D eigenvalue weighted by atomic mass is 35.5.